The fourth-order valence-corrected chi connectivity index (χ4v) is 6.52. The Hall–Kier alpha value is -4.53. The van der Waals surface area contributed by atoms with Crippen molar-refractivity contribution in [2.75, 3.05) is 5.32 Å². The van der Waals surface area contributed by atoms with Crippen molar-refractivity contribution < 1.29 is 14.3 Å². The van der Waals surface area contributed by atoms with Gasteiger partial charge in [-0.15, -0.1) is 5.10 Å². The summed E-state index contributed by atoms with van der Waals surface area (Å²) < 4.78 is 13.8. The topological polar surface area (TPSA) is 78.3 Å². The van der Waals surface area contributed by atoms with Crippen LogP contribution < -0.4 is 10.1 Å². The first-order valence-corrected chi connectivity index (χ1v) is 16.4. The van der Waals surface area contributed by atoms with E-state index in [4.69, 9.17) is 31.2 Å². The number of fused-ring (bicyclic) bond motifs is 1. The lowest BCUT2D eigenvalue weighted by molar-refractivity contribution is -0.140. The Kier molecular flexibility index (Phi) is 9.47. The second-order valence-electron chi connectivity index (χ2n) is 11.4. The summed E-state index contributed by atoms with van der Waals surface area (Å²) in [6.07, 6.45) is 0. The van der Waals surface area contributed by atoms with Crippen molar-refractivity contribution in [3.05, 3.63) is 146 Å². The first-order valence-electron chi connectivity index (χ1n) is 15.1. The maximum Gasteiger partial charge on any atom is 0.338 e. The van der Waals surface area contributed by atoms with Crippen LogP contribution in [0.15, 0.2) is 107 Å². The summed E-state index contributed by atoms with van der Waals surface area (Å²) in [6, 6.07) is 29.0. The lowest BCUT2D eigenvalue weighted by Crippen LogP contribution is -2.29. The summed E-state index contributed by atoms with van der Waals surface area (Å²) in [5.41, 5.74) is 8.77. The normalized spacial score (nSPS) is 14.1. The van der Waals surface area contributed by atoms with Crippen LogP contribution in [0.25, 0.3) is 0 Å². The minimum Gasteiger partial charge on any atom is -0.489 e. The summed E-state index contributed by atoms with van der Waals surface area (Å²) in [7, 11) is 0. The average molecular weight is 651 g/mol. The van der Waals surface area contributed by atoms with E-state index in [9.17, 15) is 4.79 Å². The lowest BCUT2D eigenvalue weighted by atomic mass is 9.95. The molecule has 0 fully saturated rings. The third-order valence-corrected chi connectivity index (χ3v) is 9.38. The zero-order chi connectivity index (χ0) is 32.2. The molecule has 1 aromatic heterocycles. The molecule has 0 saturated carbocycles. The van der Waals surface area contributed by atoms with Crippen LogP contribution in [0.5, 0.6) is 5.75 Å². The third kappa shape index (κ3) is 6.98. The van der Waals surface area contributed by atoms with Crippen molar-refractivity contribution in [1.82, 2.24) is 14.8 Å². The highest BCUT2D eigenvalue weighted by Gasteiger charge is 2.35. The van der Waals surface area contributed by atoms with Crippen LogP contribution in [0.4, 0.5) is 5.95 Å². The van der Waals surface area contributed by atoms with E-state index in [1.807, 2.05) is 85.8 Å². The number of nitrogens with one attached hydrogen (secondary N) is 1. The summed E-state index contributed by atoms with van der Waals surface area (Å²) in [5, 5.41) is 9.41. The van der Waals surface area contributed by atoms with Crippen molar-refractivity contribution in [2.24, 2.45) is 0 Å². The highest BCUT2D eigenvalue weighted by molar-refractivity contribution is 7.98. The van der Waals surface area contributed by atoms with E-state index < -0.39 is 12.0 Å². The predicted octanol–water partition coefficient (Wildman–Crippen LogP) is 8.76. The molecule has 1 aliphatic rings. The molecule has 1 N–H and O–H groups in total. The number of ether oxygens (including phenoxy) is 2. The van der Waals surface area contributed by atoms with Crippen molar-refractivity contribution in [3.8, 4) is 5.75 Å². The number of rotatable bonds is 10. The molecular formula is C37H35ClN4O3S. The van der Waals surface area contributed by atoms with E-state index in [2.05, 4.69) is 38.2 Å². The Bertz CT molecular complexity index is 1900. The van der Waals surface area contributed by atoms with Gasteiger partial charge in [-0.25, -0.2) is 9.48 Å². The summed E-state index contributed by atoms with van der Waals surface area (Å²) in [5.74, 6) is 1.47. The molecule has 7 nitrogen and oxygen atoms in total. The molecule has 0 spiro atoms. The number of aryl methyl sites for hydroxylation is 3. The minimum atomic E-state index is -0.558. The van der Waals surface area contributed by atoms with E-state index in [0.717, 1.165) is 28.0 Å². The highest BCUT2D eigenvalue weighted by atomic mass is 35.5. The summed E-state index contributed by atoms with van der Waals surface area (Å²) in [4.78, 5) is 18.5. The largest absolute Gasteiger partial charge is 0.489 e. The fourth-order valence-electron chi connectivity index (χ4n) is 5.41. The van der Waals surface area contributed by atoms with Gasteiger partial charge < -0.3 is 14.8 Å². The van der Waals surface area contributed by atoms with Crippen LogP contribution in [0.3, 0.4) is 0 Å². The number of benzene rings is 4. The number of anilines is 1. The number of halogens is 1. The molecule has 6 rings (SSSR count). The van der Waals surface area contributed by atoms with Gasteiger partial charge >= 0.3 is 5.97 Å². The van der Waals surface area contributed by atoms with Gasteiger partial charge in [0.15, 0.2) is 0 Å². The van der Waals surface area contributed by atoms with E-state index in [-0.39, 0.29) is 6.61 Å². The molecule has 9 heteroatoms. The Balaban J connectivity index is 1.27. The van der Waals surface area contributed by atoms with E-state index in [1.54, 1.807) is 4.68 Å². The van der Waals surface area contributed by atoms with Crippen LogP contribution in [-0.4, -0.2) is 20.7 Å². The minimum absolute atomic E-state index is 0.164. The van der Waals surface area contributed by atoms with Crippen LogP contribution in [-0.2, 0) is 28.5 Å². The van der Waals surface area contributed by atoms with Gasteiger partial charge in [0.1, 0.15) is 25.0 Å². The van der Waals surface area contributed by atoms with E-state index >= 15 is 0 Å². The number of nitrogens with zero attached hydrogens (tertiary/aromatic N) is 3. The maximum absolute atomic E-state index is 13.7. The number of esters is 1. The molecule has 1 aliphatic heterocycles. The number of allylic oxidation sites excluding steroid dienone is 1. The monoisotopic (exact) mass is 650 g/mol. The zero-order valence-electron chi connectivity index (χ0n) is 26.2. The summed E-state index contributed by atoms with van der Waals surface area (Å²) in [6.45, 7) is 8.84. The molecule has 0 amide bonds. The van der Waals surface area contributed by atoms with Crippen molar-refractivity contribution in [1.29, 1.82) is 0 Å². The van der Waals surface area contributed by atoms with Crippen LogP contribution >= 0.6 is 23.4 Å². The number of carbonyl (C=O) groups is 1. The van der Waals surface area contributed by atoms with Crippen molar-refractivity contribution in [3.63, 3.8) is 0 Å². The van der Waals surface area contributed by atoms with Crippen LogP contribution in [0, 0.1) is 20.8 Å². The van der Waals surface area contributed by atoms with E-state index in [0.29, 0.717) is 39.8 Å². The Morgan fingerprint density at radius 3 is 2.35 bits per heavy atom. The smallest absolute Gasteiger partial charge is 0.338 e. The van der Waals surface area contributed by atoms with Gasteiger partial charge in [-0.1, -0.05) is 96.2 Å². The van der Waals surface area contributed by atoms with Gasteiger partial charge in [-0.3, -0.25) is 0 Å². The quantitative estimate of drug-likeness (QED) is 0.120. The number of carbonyl (C=O) groups excluding carboxylic acids is 1. The molecule has 4 aromatic carbocycles. The van der Waals surface area contributed by atoms with Gasteiger partial charge in [0, 0.05) is 16.5 Å². The number of hydrogen-bond donors (Lipinski definition) is 1. The standard InChI is InChI=1S/C37H35ClN4O3S/c1-23-18-25(3)30(19-24(23)2)21-44-31-16-14-28(15-17-31)34-33(35(43)45-20-27-10-6-5-7-11-27)26(4)39-36-40-37(41-42(34)36)46-22-29-12-8-9-13-32(29)38/h5-19,34H,20-22H2,1-4H3,(H,39,40,41). The first-order chi connectivity index (χ1) is 22.3. The Morgan fingerprint density at radius 2 is 1.59 bits per heavy atom. The number of hydrogen-bond acceptors (Lipinski definition) is 7. The van der Waals surface area contributed by atoms with Crippen molar-refractivity contribution in [2.45, 2.75) is 57.9 Å². The number of thioether (sulfide) groups is 1. The molecule has 0 bridgehead atoms. The maximum atomic E-state index is 13.7. The Labute approximate surface area is 278 Å². The molecule has 0 saturated heterocycles. The molecule has 234 valence electrons. The SMILES string of the molecule is CC1=C(C(=O)OCc2ccccc2)C(c2ccc(OCc3cc(C)c(C)cc3C)cc2)n2nc(SCc3ccccc3Cl)nc2N1. The average Bonchev–Trinajstić information content (AvgIpc) is 3.46. The third-order valence-electron chi connectivity index (χ3n) is 8.12. The second-order valence-corrected chi connectivity index (χ2v) is 12.7. The molecule has 46 heavy (non-hydrogen) atoms. The molecule has 2 heterocycles. The van der Waals surface area contributed by atoms with Crippen LogP contribution in [0.2, 0.25) is 5.02 Å². The van der Waals surface area contributed by atoms with Crippen molar-refractivity contribution >= 4 is 35.3 Å². The van der Waals surface area contributed by atoms with E-state index in [1.165, 1.54) is 28.5 Å². The molecule has 1 unspecified atom stereocenters. The van der Waals surface area contributed by atoms with Gasteiger partial charge in [-0.2, -0.15) is 4.98 Å². The summed E-state index contributed by atoms with van der Waals surface area (Å²) >= 11 is 7.88. The highest BCUT2D eigenvalue weighted by Crippen LogP contribution is 2.38. The van der Waals surface area contributed by atoms with Crippen LogP contribution in [0.1, 0.15) is 51.9 Å². The van der Waals surface area contributed by atoms with Gasteiger partial charge in [0.2, 0.25) is 11.1 Å². The van der Waals surface area contributed by atoms with Gasteiger partial charge in [0.05, 0.1) is 5.57 Å². The molecule has 1 atom stereocenters. The predicted molar refractivity (Wildman–Crippen MR) is 183 cm³/mol. The molecule has 0 aliphatic carbocycles. The second kappa shape index (κ2) is 13.8. The Morgan fingerprint density at radius 1 is 0.870 bits per heavy atom. The number of aromatic nitrogens is 3. The fraction of sp³-hybridized carbons (Fsp3) is 0.216. The lowest BCUT2D eigenvalue weighted by Gasteiger charge is -2.28. The zero-order valence-corrected chi connectivity index (χ0v) is 27.8. The molecule has 0 radical (unpaired) electrons. The van der Waals surface area contributed by atoms with Gasteiger partial charge in [0.25, 0.3) is 0 Å². The molecular weight excluding hydrogens is 616 g/mol. The molecule has 5 aromatic rings. The van der Waals surface area contributed by atoms with Gasteiger partial charge in [-0.05, 0) is 84.8 Å². The first kappa shape index (κ1) is 31.5.